The van der Waals surface area contributed by atoms with Crippen LogP contribution in [0.15, 0.2) is 48.5 Å². The number of amides is 2. The van der Waals surface area contributed by atoms with E-state index in [9.17, 15) is 14.4 Å². The van der Waals surface area contributed by atoms with Gasteiger partial charge in [0.05, 0.1) is 0 Å². The summed E-state index contributed by atoms with van der Waals surface area (Å²) in [6, 6.07) is 15.0. The number of nitrogens with one attached hydrogen (secondary N) is 2. The first-order valence-electron chi connectivity index (χ1n) is 9.38. The summed E-state index contributed by atoms with van der Waals surface area (Å²) in [5.74, 6) is -1.04. The molecule has 2 N–H and O–H groups in total. The minimum Gasteiger partial charge on any atom is -0.456 e. The molecular weight excluding hydrogens is 356 g/mol. The quantitative estimate of drug-likeness (QED) is 0.645. The number of rotatable bonds is 9. The van der Waals surface area contributed by atoms with Crippen molar-refractivity contribution in [2.24, 2.45) is 0 Å². The molecule has 0 spiro atoms. The van der Waals surface area contributed by atoms with Gasteiger partial charge in [-0.15, -0.1) is 0 Å². The standard InChI is InChI=1S/C22H26N2O4/c1-3-17-10-5-7-12-19(17)24-21(26)15-28-22(27)14-8-13-20(25)23-18-11-6-4-9-16(18)2/h4-7,9-12H,3,8,13-15H2,1-2H3,(H,23,25)(H,24,26). The van der Waals surface area contributed by atoms with Gasteiger partial charge < -0.3 is 15.4 Å². The fraction of sp³-hybridized carbons (Fsp3) is 0.318. The first kappa shape index (κ1) is 21.2. The van der Waals surface area contributed by atoms with E-state index in [2.05, 4.69) is 10.6 Å². The molecule has 0 unspecified atom stereocenters. The number of benzene rings is 2. The maximum absolute atomic E-state index is 11.9. The molecule has 2 aromatic rings. The van der Waals surface area contributed by atoms with Gasteiger partial charge in [-0.1, -0.05) is 43.3 Å². The Bertz CT molecular complexity index is 833. The summed E-state index contributed by atoms with van der Waals surface area (Å²) in [6.07, 6.45) is 1.44. The predicted octanol–water partition coefficient (Wildman–Crippen LogP) is 3.85. The van der Waals surface area contributed by atoms with Crippen molar-refractivity contribution >= 4 is 29.2 Å². The topological polar surface area (TPSA) is 84.5 Å². The van der Waals surface area contributed by atoms with E-state index in [4.69, 9.17) is 4.74 Å². The Morgan fingerprint density at radius 3 is 2.21 bits per heavy atom. The first-order chi connectivity index (χ1) is 13.5. The second kappa shape index (κ2) is 10.9. The average Bonchev–Trinajstić information content (AvgIpc) is 2.68. The molecule has 28 heavy (non-hydrogen) atoms. The van der Waals surface area contributed by atoms with Crippen molar-refractivity contribution in [3.05, 3.63) is 59.7 Å². The van der Waals surface area contributed by atoms with Gasteiger partial charge in [-0.25, -0.2) is 0 Å². The molecule has 0 radical (unpaired) electrons. The van der Waals surface area contributed by atoms with Crippen molar-refractivity contribution in [1.82, 2.24) is 0 Å². The fourth-order valence-corrected chi connectivity index (χ4v) is 2.67. The highest BCUT2D eigenvalue weighted by Crippen LogP contribution is 2.15. The normalized spacial score (nSPS) is 10.2. The highest BCUT2D eigenvalue weighted by atomic mass is 16.5. The fourth-order valence-electron chi connectivity index (χ4n) is 2.67. The summed E-state index contributed by atoms with van der Waals surface area (Å²) in [5.41, 5.74) is 3.48. The van der Waals surface area contributed by atoms with E-state index in [1.165, 1.54) is 0 Å². The molecule has 6 heteroatoms. The molecule has 0 saturated heterocycles. The van der Waals surface area contributed by atoms with Crippen molar-refractivity contribution in [1.29, 1.82) is 0 Å². The van der Waals surface area contributed by atoms with Crippen LogP contribution in [0.3, 0.4) is 0 Å². The molecule has 0 atom stereocenters. The lowest BCUT2D eigenvalue weighted by Gasteiger charge is -2.10. The monoisotopic (exact) mass is 382 g/mol. The van der Waals surface area contributed by atoms with Crippen LogP contribution in [0.25, 0.3) is 0 Å². The van der Waals surface area contributed by atoms with E-state index >= 15 is 0 Å². The number of hydrogen-bond donors (Lipinski definition) is 2. The molecule has 2 rings (SSSR count). The molecule has 0 aliphatic carbocycles. The molecule has 0 saturated carbocycles. The number of aryl methyl sites for hydroxylation is 2. The molecule has 2 amide bonds. The van der Waals surface area contributed by atoms with Crippen LogP contribution < -0.4 is 10.6 Å². The number of anilines is 2. The number of esters is 1. The molecule has 6 nitrogen and oxygen atoms in total. The second-order valence-corrected chi connectivity index (χ2v) is 6.44. The van der Waals surface area contributed by atoms with Gasteiger partial charge in [0, 0.05) is 24.2 Å². The van der Waals surface area contributed by atoms with Gasteiger partial charge in [-0.2, -0.15) is 0 Å². The Labute approximate surface area is 165 Å². The molecule has 0 aliphatic rings. The first-order valence-corrected chi connectivity index (χ1v) is 9.38. The maximum atomic E-state index is 11.9. The van der Waals surface area contributed by atoms with Gasteiger partial charge >= 0.3 is 5.97 Å². The lowest BCUT2D eigenvalue weighted by molar-refractivity contribution is -0.147. The van der Waals surface area contributed by atoms with Gasteiger partial charge in [0.15, 0.2) is 6.61 Å². The third-order valence-corrected chi connectivity index (χ3v) is 4.24. The number of ether oxygens (including phenoxy) is 1. The minimum absolute atomic E-state index is 0.0834. The van der Waals surface area contributed by atoms with E-state index in [0.717, 1.165) is 28.9 Å². The number of carbonyl (C=O) groups excluding carboxylic acids is 3. The molecule has 2 aromatic carbocycles. The Kier molecular flexibility index (Phi) is 8.21. The van der Waals surface area contributed by atoms with Crippen LogP contribution in [-0.4, -0.2) is 24.4 Å². The van der Waals surface area contributed by atoms with E-state index in [-0.39, 0.29) is 31.3 Å². The largest absolute Gasteiger partial charge is 0.456 e. The molecule has 0 aliphatic heterocycles. The number of carbonyl (C=O) groups is 3. The lowest BCUT2D eigenvalue weighted by Crippen LogP contribution is -2.21. The van der Waals surface area contributed by atoms with Crippen LogP contribution in [0.2, 0.25) is 0 Å². The predicted molar refractivity (Wildman–Crippen MR) is 109 cm³/mol. The Morgan fingerprint density at radius 1 is 0.857 bits per heavy atom. The summed E-state index contributed by atoms with van der Waals surface area (Å²) in [4.78, 5) is 35.7. The van der Waals surface area contributed by atoms with Gasteiger partial charge in [0.1, 0.15) is 0 Å². The zero-order valence-corrected chi connectivity index (χ0v) is 16.3. The van der Waals surface area contributed by atoms with E-state index < -0.39 is 5.97 Å². The highest BCUT2D eigenvalue weighted by molar-refractivity contribution is 5.93. The molecule has 0 aromatic heterocycles. The molecule has 0 bridgehead atoms. The summed E-state index contributed by atoms with van der Waals surface area (Å²) >= 11 is 0. The number of para-hydroxylation sites is 2. The SMILES string of the molecule is CCc1ccccc1NC(=O)COC(=O)CCCC(=O)Nc1ccccc1C. The maximum Gasteiger partial charge on any atom is 0.306 e. The van der Waals surface area contributed by atoms with E-state index in [1.54, 1.807) is 0 Å². The zero-order chi connectivity index (χ0) is 20.4. The van der Waals surface area contributed by atoms with Crippen LogP contribution in [-0.2, 0) is 25.5 Å². The van der Waals surface area contributed by atoms with Gasteiger partial charge in [-0.3, -0.25) is 14.4 Å². The van der Waals surface area contributed by atoms with Crippen LogP contribution in [0.5, 0.6) is 0 Å². The zero-order valence-electron chi connectivity index (χ0n) is 16.3. The van der Waals surface area contributed by atoms with Crippen molar-refractivity contribution in [3.8, 4) is 0 Å². The van der Waals surface area contributed by atoms with Gasteiger partial charge in [0.25, 0.3) is 5.91 Å². The van der Waals surface area contributed by atoms with Crippen molar-refractivity contribution < 1.29 is 19.1 Å². The molecule has 148 valence electrons. The Morgan fingerprint density at radius 2 is 1.50 bits per heavy atom. The van der Waals surface area contributed by atoms with E-state index in [0.29, 0.717) is 6.42 Å². The average molecular weight is 382 g/mol. The molecule has 0 fully saturated rings. The Hall–Kier alpha value is -3.15. The lowest BCUT2D eigenvalue weighted by atomic mass is 10.1. The van der Waals surface area contributed by atoms with Crippen LogP contribution in [0.4, 0.5) is 11.4 Å². The summed E-state index contributed by atoms with van der Waals surface area (Å²) in [5, 5.41) is 5.56. The number of hydrogen-bond acceptors (Lipinski definition) is 4. The third-order valence-electron chi connectivity index (χ3n) is 4.24. The van der Waals surface area contributed by atoms with Crippen molar-refractivity contribution in [2.75, 3.05) is 17.2 Å². The molecule has 0 heterocycles. The van der Waals surface area contributed by atoms with Crippen LogP contribution in [0.1, 0.15) is 37.3 Å². The van der Waals surface area contributed by atoms with Gasteiger partial charge in [0.2, 0.25) is 5.91 Å². The third kappa shape index (κ3) is 6.87. The minimum atomic E-state index is -0.498. The van der Waals surface area contributed by atoms with Crippen molar-refractivity contribution in [3.63, 3.8) is 0 Å². The second-order valence-electron chi connectivity index (χ2n) is 6.44. The molecular formula is C22H26N2O4. The van der Waals surface area contributed by atoms with Crippen molar-refractivity contribution in [2.45, 2.75) is 39.5 Å². The summed E-state index contributed by atoms with van der Waals surface area (Å²) in [6.45, 7) is 3.57. The Balaban J connectivity index is 1.66. The summed E-state index contributed by atoms with van der Waals surface area (Å²) in [7, 11) is 0. The van der Waals surface area contributed by atoms with Gasteiger partial charge in [-0.05, 0) is 43.0 Å². The smallest absolute Gasteiger partial charge is 0.306 e. The van der Waals surface area contributed by atoms with Crippen LogP contribution >= 0.6 is 0 Å². The van der Waals surface area contributed by atoms with E-state index in [1.807, 2.05) is 62.4 Å². The van der Waals surface area contributed by atoms with Crippen LogP contribution in [0, 0.1) is 6.92 Å². The summed E-state index contributed by atoms with van der Waals surface area (Å²) < 4.78 is 4.99. The highest BCUT2D eigenvalue weighted by Gasteiger charge is 2.11.